The third-order valence-electron chi connectivity index (χ3n) is 7.07. The van der Waals surface area contributed by atoms with Crippen LogP contribution in [0.25, 0.3) is 10.9 Å². The Bertz CT molecular complexity index is 1300. The molecule has 0 unspecified atom stereocenters. The molecule has 8 heteroatoms. The van der Waals surface area contributed by atoms with Gasteiger partial charge in [-0.25, -0.2) is 14.6 Å². The van der Waals surface area contributed by atoms with Gasteiger partial charge in [-0.2, -0.15) is 0 Å². The number of aromatic nitrogens is 1. The van der Waals surface area contributed by atoms with Crippen LogP contribution in [0.3, 0.4) is 0 Å². The molecule has 4 rings (SSSR count). The normalized spacial score (nSPS) is 12.6. The van der Waals surface area contributed by atoms with Gasteiger partial charge in [0.1, 0.15) is 5.56 Å². The van der Waals surface area contributed by atoms with Gasteiger partial charge in [0.05, 0.1) is 17.8 Å². The maximum Gasteiger partial charge on any atom is 0.513 e. The zero-order valence-corrected chi connectivity index (χ0v) is 25.0. The molecule has 0 fully saturated rings. The molecule has 1 N–H and O–H groups in total. The number of aromatic carboxylic acids is 1. The van der Waals surface area contributed by atoms with E-state index in [1.807, 2.05) is 32.0 Å². The number of hydrogen-bond acceptors (Lipinski definition) is 6. The molecule has 0 bridgehead atoms. The second kappa shape index (κ2) is 15.0. The molecule has 1 aromatic heterocycles. The van der Waals surface area contributed by atoms with E-state index in [2.05, 4.69) is 25.7 Å². The molecule has 0 saturated carbocycles. The summed E-state index contributed by atoms with van der Waals surface area (Å²) in [6, 6.07) is 10.9. The third-order valence-corrected chi connectivity index (χ3v) is 7.32. The van der Waals surface area contributed by atoms with Crippen LogP contribution in [-0.4, -0.2) is 53.4 Å². The molecule has 0 radical (unpaired) electrons. The standard InChI is InChI=1S/C26H26ClNO5.C6H15N/c1-15(2)14-32-26(31)33-24-21(13-16-7-10-18(27)11-8-16)28-23-19-6-4-3-5-17(19)9-12-20(23)22(24)25(29)30;1-4-7(5-2)6-3/h7-12,15H,3-6,13-14H2,1-2H3,(H,29,30);4-6H2,1-3H3. The average Bonchev–Trinajstić information content (AvgIpc) is 2.94. The van der Waals surface area contributed by atoms with Crippen molar-refractivity contribution in [1.82, 2.24) is 9.88 Å². The Morgan fingerprint density at radius 3 is 2.23 bits per heavy atom. The molecule has 7 nitrogen and oxygen atoms in total. The lowest BCUT2D eigenvalue weighted by Gasteiger charge is -2.20. The van der Waals surface area contributed by atoms with Crippen LogP contribution in [0.1, 0.15) is 80.2 Å². The maximum atomic E-state index is 12.4. The lowest BCUT2D eigenvalue weighted by Crippen LogP contribution is -2.21. The number of halogens is 1. The van der Waals surface area contributed by atoms with E-state index in [-0.39, 0.29) is 30.3 Å². The Labute approximate surface area is 242 Å². The van der Waals surface area contributed by atoms with E-state index in [0.29, 0.717) is 21.6 Å². The van der Waals surface area contributed by atoms with E-state index in [9.17, 15) is 14.7 Å². The van der Waals surface area contributed by atoms with Crippen molar-refractivity contribution < 1.29 is 24.2 Å². The third kappa shape index (κ3) is 8.18. The highest BCUT2D eigenvalue weighted by atomic mass is 35.5. The van der Waals surface area contributed by atoms with Crippen molar-refractivity contribution in [3.63, 3.8) is 0 Å². The summed E-state index contributed by atoms with van der Waals surface area (Å²) >= 11 is 6.02. The molecule has 1 aliphatic rings. The first-order valence-corrected chi connectivity index (χ1v) is 14.6. The first kappa shape index (κ1) is 31.4. The Balaban J connectivity index is 0.000000559. The first-order valence-electron chi connectivity index (χ1n) is 14.2. The lowest BCUT2D eigenvalue weighted by molar-refractivity contribution is 0.0688. The molecule has 1 aliphatic carbocycles. The second-order valence-corrected chi connectivity index (χ2v) is 10.8. The minimum atomic E-state index is -1.18. The summed E-state index contributed by atoms with van der Waals surface area (Å²) in [5.41, 5.74) is 4.11. The number of nitrogens with zero attached hydrogens (tertiary/aromatic N) is 2. The predicted octanol–water partition coefficient (Wildman–Crippen LogP) is 7.58. The smallest absolute Gasteiger partial charge is 0.478 e. The van der Waals surface area contributed by atoms with Crippen molar-refractivity contribution in [2.75, 3.05) is 26.2 Å². The van der Waals surface area contributed by atoms with Crippen LogP contribution in [-0.2, 0) is 24.0 Å². The molecule has 2 aromatic carbocycles. The van der Waals surface area contributed by atoms with Gasteiger partial charge in [0.25, 0.3) is 0 Å². The number of rotatable bonds is 9. The Hall–Kier alpha value is -3.16. The van der Waals surface area contributed by atoms with E-state index in [4.69, 9.17) is 26.1 Å². The van der Waals surface area contributed by atoms with Gasteiger partial charge in [0.2, 0.25) is 0 Å². The topological polar surface area (TPSA) is 89.0 Å². The summed E-state index contributed by atoms with van der Waals surface area (Å²) in [4.78, 5) is 32.1. The number of aryl methyl sites for hydroxylation is 2. The van der Waals surface area contributed by atoms with Crippen LogP contribution in [0.15, 0.2) is 36.4 Å². The molecule has 1 heterocycles. The van der Waals surface area contributed by atoms with Crippen molar-refractivity contribution in [3.8, 4) is 5.75 Å². The minimum absolute atomic E-state index is 0.0705. The summed E-state index contributed by atoms with van der Waals surface area (Å²) < 4.78 is 10.7. The monoisotopic (exact) mass is 568 g/mol. The Morgan fingerprint density at radius 1 is 1.00 bits per heavy atom. The fraction of sp³-hybridized carbons (Fsp3) is 0.469. The maximum absolute atomic E-state index is 12.4. The number of benzene rings is 2. The van der Waals surface area contributed by atoms with Crippen molar-refractivity contribution in [3.05, 3.63) is 69.4 Å². The van der Waals surface area contributed by atoms with Gasteiger partial charge in [-0.1, -0.05) is 70.5 Å². The molecular weight excluding hydrogens is 528 g/mol. The van der Waals surface area contributed by atoms with Gasteiger partial charge >= 0.3 is 12.1 Å². The minimum Gasteiger partial charge on any atom is -0.478 e. The van der Waals surface area contributed by atoms with E-state index in [0.717, 1.165) is 36.8 Å². The van der Waals surface area contributed by atoms with E-state index in [1.165, 1.54) is 25.2 Å². The second-order valence-electron chi connectivity index (χ2n) is 10.4. The van der Waals surface area contributed by atoms with Crippen molar-refractivity contribution in [2.45, 2.75) is 66.7 Å². The predicted molar refractivity (Wildman–Crippen MR) is 160 cm³/mol. The highest BCUT2D eigenvalue weighted by Crippen LogP contribution is 2.36. The zero-order valence-electron chi connectivity index (χ0n) is 24.3. The summed E-state index contributed by atoms with van der Waals surface area (Å²) in [5, 5.41) is 11.2. The summed E-state index contributed by atoms with van der Waals surface area (Å²) in [6.07, 6.45) is 3.26. The van der Waals surface area contributed by atoms with Gasteiger partial charge in [-0.05, 0) is 80.1 Å². The number of hydrogen-bond donors (Lipinski definition) is 1. The van der Waals surface area contributed by atoms with Gasteiger partial charge < -0.3 is 19.5 Å². The number of pyridine rings is 1. The number of carbonyl (C=O) groups is 2. The Kier molecular flexibility index (Phi) is 11.8. The fourth-order valence-electron chi connectivity index (χ4n) is 4.85. The van der Waals surface area contributed by atoms with Gasteiger partial charge in [-0.3, -0.25) is 0 Å². The molecule has 0 aliphatic heterocycles. The molecule has 0 atom stereocenters. The van der Waals surface area contributed by atoms with Gasteiger partial charge in [0.15, 0.2) is 5.75 Å². The molecular formula is C32H41ClN2O5. The van der Waals surface area contributed by atoms with Crippen molar-refractivity contribution >= 4 is 34.6 Å². The highest BCUT2D eigenvalue weighted by Gasteiger charge is 2.27. The first-order chi connectivity index (χ1) is 19.2. The number of carbonyl (C=O) groups excluding carboxylic acids is 1. The van der Waals surface area contributed by atoms with Crippen LogP contribution in [0, 0.1) is 5.92 Å². The van der Waals surface area contributed by atoms with Gasteiger partial charge in [-0.15, -0.1) is 0 Å². The van der Waals surface area contributed by atoms with Crippen LogP contribution in [0.2, 0.25) is 5.02 Å². The fourth-order valence-corrected chi connectivity index (χ4v) is 4.97. The largest absolute Gasteiger partial charge is 0.513 e. The van der Waals surface area contributed by atoms with E-state index < -0.39 is 12.1 Å². The molecule has 0 spiro atoms. The zero-order chi connectivity index (χ0) is 29.2. The molecule has 0 amide bonds. The number of carboxylic acid groups (broad SMARTS) is 1. The molecule has 3 aromatic rings. The van der Waals surface area contributed by atoms with Crippen LogP contribution >= 0.6 is 11.6 Å². The van der Waals surface area contributed by atoms with E-state index in [1.54, 1.807) is 18.2 Å². The van der Waals surface area contributed by atoms with Crippen LogP contribution in [0.5, 0.6) is 5.75 Å². The Morgan fingerprint density at radius 2 is 1.65 bits per heavy atom. The molecule has 40 heavy (non-hydrogen) atoms. The van der Waals surface area contributed by atoms with Crippen molar-refractivity contribution in [2.24, 2.45) is 5.92 Å². The van der Waals surface area contributed by atoms with E-state index >= 15 is 0 Å². The highest BCUT2D eigenvalue weighted by molar-refractivity contribution is 6.30. The quantitative estimate of drug-likeness (QED) is 0.266. The summed E-state index contributed by atoms with van der Waals surface area (Å²) in [6.45, 7) is 14.1. The molecule has 0 saturated heterocycles. The van der Waals surface area contributed by atoms with Crippen LogP contribution < -0.4 is 4.74 Å². The summed E-state index contributed by atoms with van der Waals surface area (Å²) in [7, 11) is 0. The SMILES string of the molecule is CC(C)COC(=O)Oc1c(Cc2ccc(Cl)cc2)nc2c3c(ccc2c1C(=O)O)CCCC3.CCN(CC)CC. The van der Waals surface area contributed by atoms with Crippen molar-refractivity contribution in [1.29, 1.82) is 0 Å². The lowest BCUT2D eigenvalue weighted by atomic mass is 9.88. The number of ether oxygens (including phenoxy) is 2. The summed E-state index contributed by atoms with van der Waals surface area (Å²) in [5.74, 6) is -1.14. The number of carboxylic acids is 1. The average molecular weight is 569 g/mol. The van der Waals surface area contributed by atoms with Crippen LogP contribution in [0.4, 0.5) is 4.79 Å². The van der Waals surface area contributed by atoms with Gasteiger partial charge in [0, 0.05) is 16.8 Å². The molecule has 216 valence electrons. The number of fused-ring (bicyclic) bond motifs is 3.